The van der Waals surface area contributed by atoms with Crippen molar-refractivity contribution in [3.05, 3.63) is 71.0 Å². The monoisotopic (exact) mass is 409 g/mol. The van der Waals surface area contributed by atoms with Gasteiger partial charge in [0, 0.05) is 22.1 Å². The van der Waals surface area contributed by atoms with Crippen LogP contribution in [0, 0.1) is 5.82 Å². The van der Waals surface area contributed by atoms with Crippen molar-refractivity contribution in [2.24, 2.45) is 0 Å². The van der Waals surface area contributed by atoms with E-state index in [0.29, 0.717) is 21.7 Å². The third-order valence-corrected chi connectivity index (χ3v) is 6.00. The summed E-state index contributed by atoms with van der Waals surface area (Å²) < 4.78 is 21.6. The van der Waals surface area contributed by atoms with Gasteiger partial charge in [0.25, 0.3) is 0 Å². The van der Waals surface area contributed by atoms with Crippen molar-refractivity contribution in [2.75, 3.05) is 0 Å². The Balaban J connectivity index is 1.93. The normalized spacial score (nSPS) is 16.3. The lowest BCUT2D eigenvalue weighted by molar-refractivity contribution is -0.104. The number of hydrogen-bond donors (Lipinski definition) is 0. The summed E-state index contributed by atoms with van der Waals surface area (Å²) in [6.07, 6.45) is 2.00. The van der Waals surface area contributed by atoms with Gasteiger partial charge in [-0.25, -0.2) is 13.8 Å². The molecule has 1 atom stereocenters. The molecule has 0 unspecified atom stereocenters. The first-order valence-corrected chi connectivity index (χ1v) is 10.1. The zero-order chi connectivity index (χ0) is 20.8. The molecular formula is C23H20FNO3S. The molecule has 0 aliphatic carbocycles. The standard InChI is InChI=1S/C23H20FNO3S/c1-23(2,3)28-22(27)25-19-11-7-5-8-15(19)17-12-14(13-26)20(29-21(17)25)16-9-4-6-10-18(16)24/h4-13,20H,1-3H3/t20-/m1/s1. The molecule has 0 spiro atoms. The number of ether oxygens (including phenoxy) is 1. The fourth-order valence-electron chi connectivity index (χ4n) is 3.43. The highest BCUT2D eigenvalue weighted by atomic mass is 32.2. The van der Waals surface area contributed by atoms with Gasteiger partial charge in [-0.05, 0) is 39.0 Å². The molecule has 0 amide bonds. The smallest absolute Gasteiger partial charge is 0.419 e. The molecule has 0 radical (unpaired) electrons. The first-order chi connectivity index (χ1) is 13.8. The van der Waals surface area contributed by atoms with E-state index in [-0.39, 0.29) is 5.82 Å². The minimum atomic E-state index is -0.663. The van der Waals surface area contributed by atoms with Gasteiger partial charge >= 0.3 is 6.09 Å². The number of halogens is 1. The summed E-state index contributed by atoms with van der Waals surface area (Å²) in [5.74, 6) is -0.388. The molecule has 1 aromatic heterocycles. The fraction of sp³-hybridized carbons (Fsp3) is 0.217. The summed E-state index contributed by atoms with van der Waals surface area (Å²) in [4.78, 5) is 24.9. The lowest BCUT2D eigenvalue weighted by atomic mass is 10.0. The molecule has 1 aliphatic rings. The van der Waals surface area contributed by atoms with E-state index in [1.807, 2.05) is 45.0 Å². The largest absolute Gasteiger partial charge is 0.443 e. The summed E-state index contributed by atoms with van der Waals surface area (Å²) in [6.45, 7) is 5.42. The number of carbonyl (C=O) groups is 2. The van der Waals surface area contributed by atoms with Crippen LogP contribution in [0.5, 0.6) is 0 Å². The molecule has 0 fully saturated rings. The molecule has 2 aromatic carbocycles. The van der Waals surface area contributed by atoms with Gasteiger partial charge in [-0.2, -0.15) is 0 Å². The van der Waals surface area contributed by atoms with Gasteiger partial charge in [0.15, 0.2) is 0 Å². The topological polar surface area (TPSA) is 48.3 Å². The molecule has 4 nitrogen and oxygen atoms in total. The Bertz CT molecular complexity index is 1160. The quantitative estimate of drug-likeness (QED) is 0.488. The maximum absolute atomic E-state index is 14.5. The van der Waals surface area contributed by atoms with E-state index in [1.54, 1.807) is 24.3 Å². The Morgan fingerprint density at radius 3 is 2.52 bits per heavy atom. The van der Waals surface area contributed by atoms with Crippen LogP contribution < -0.4 is 0 Å². The third-order valence-electron chi connectivity index (χ3n) is 4.61. The second kappa shape index (κ2) is 7.19. The number of thioether (sulfide) groups is 1. The van der Waals surface area contributed by atoms with Gasteiger partial charge in [-0.1, -0.05) is 48.2 Å². The molecule has 3 aromatic rings. The van der Waals surface area contributed by atoms with Gasteiger partial charge in [0.05, 0.1) is 15.8 Å². The number of carbonyl (C=O) groups excluding carboxylic acids is 2. The summed E-state index contributed by atoms with van der Waals surface area (Å²) in [5.41, 5.74) is 1.66. The van der Waals surface area contributed by atoms with Crippen molar-refractivity contribution >= 4 is 41.1 Å². The highest BCUT2D eigenvalue weighted by Gasteiger charge is 2.33. The maximum atomic E-state index is 14.5. The first-order valence-electron chi connectivity index (χ1n) is 9.25. The van der Waals surface area contributed by atoms with Crippen LogP contribution in [0.25, 0.3) is 17.0 Å². The molecule has 0 bridgehead atoms. The number of benzene rings is 2. The second-order valence-electron chi connectivity index (χ2n) is 7.83. The summed E-state index contributed by atoms with van der Waals surface area (Å²) >= 11 is 1.29. The van der Waals surface area contributed by atoms with Crippen LogP contribution in [0.3, 0.4) is 0 Å². The van der Waals surface area contributed by atoms with Crippen LogP contribution in [-0.2, 0) is 9.53 Å². The van der Waals surface area contributed by atoms with E-state index in [1.165, 1.54) is 22.4 Å². The van der Waals surface area contributed by atoms with Crippen molar-refractivity contribution in [1.29, 1.82) is 0 Å². The number of aromatic nitrogens is 1. The molecule has 1 aliphatic heterocycles. The van der Waals surface area contributed by atoms with E-state index in [0.717, 1.165) is 17.2 Å². The summed E-state index contributed by atoms with van der Waals surface area (Å²) in [6, 6.07) is 13.8. The molecule has 148 valence electrons. The highest BCUT2D eigenvalue weighted by Crippen LogP contribution is 2.49. The Labute approximate surface area is 172 Å². The van der Waals surface area contributed by atoms with Crippen LogP contribution in [0.2, 0.25) is 0 Å². The number of para-hydroxylation sites is 1. The molecular weight excluding hydrogens is 389 g/mol. The number of rotatable bonds is 2. The molecule has 29 heavy (non-hydrogen) atoms. The van der Waals surface area contributed by atoms with Gasteiger partial charge in [-0.15, -0.1) is 0 Å². The average molecular weight is 409 g/mol. The van der Waals surface area contributed by atoms with Gasteiger partial charge < -0.3 is 4.74 Å². The van der Waals surface area contributed by atoms with Crippen LogP contribution >= 0.6 is 11.8 Å². The van der Waals surface area contributed by atoms with Gasteiger partial charge in [-0.3, -0.25) is 4.79 Å². The first kappa shape index (κ1) is 19.5. The highest BCUT2D eigenvalue weighted by molar-refractivity contribution is 7.99. The Kier molecular flexibility index (Phi) is 4.82. The minimum absolute atomic E-state index is 0.388. The van der Waals surface area contributed by atoms with E-state index in [9.17, 15) is 14.0 Å². The van der Waals surface area contributed by atoms with Crippen molar-refractivity contribution in [3.63, 3.8) is 0 Å². The zero-order valence-electron chi connectivity index (χ0n) is 16.3. The number of nitrogens with zero attached hydrogens (tertiary/aromatic N) is 1. The molecule has 4 rings (SSSR count). The van der Waals surface area contributed by atoms with Crippen molar-refractivity contribution in [3.8, 4) is 0 Å². The maximum Gasteiger partial charge on any atom is 0.419 e. The molecule has 6 heteroatoms. The van der Waals surface area contributed by atoms with Crippen molar-refractivity contribution in [2.45, 2.75) is 36.6 Å². The SMILES string of the molecule is CC(C)(C)OC(=O)n1c2c(c3ccccc31)C=C(C=O)[C@H](c1ccccc1F)S2. The minimum Gasteiger partial charge on any atom is -0.443 e. The second-order valence-corrected chi connectivity index (χ2v) is 8.93. The predicted octanol–water partition coefficient (Wildman–Crippen LogP) is 5.99. The number of fused-ring (bicyclic) bond motifs is 3. The van der Waals surface area contributed by atoms with E-state index in [2.05, 4.69) is 0 Å². The molecule has 2 heterocycles. The molecule has 0 N–H and O–H groups in total. The Morgan fingerprint density at radius 1 is 1.14 bits per heavy atom. The predicted molar refractivity (Wildman–Crippen MR) is 113 cm³/mol. The van der Waals surface area contributed by atoms with Crippen molar-refractivity contribution in [1.82, 2.24) is 4.57 Å². The van der Waals surface area contributed by atoms with Crippen molar-refractivity contribution < 1.29 is 18.7 Å². The average Bonchev–Trinajstić information content (AvgIpc) is 2.99. The number of hydrogen-bond acceptors (Lipinski definition) is 4. The zero-order valence-corrected chi connectivity index (χ0v) is 17.1. The lowest BCUT2D eigenvalue weighted by Gasteiger charge is -2.24. The summed E-state index contributed by atoms with van der Waals surface area (Å²) in [5, 5.41) is 0.929. The summed E-state index contributed by atoms with van der Waals surface area (Å²) in [7, 11) is 0. The Morgan fingerprint density at radius 2 is 1.83 bits per heavy atom. The van der Waals surface area contributed by atoms with Crippen LogP contribution in [0.4, 0.5) is 9.18 Å². The fourth-order valence-corrected chi connectivity index (χ4v) is 4.81. The van der Waals surface area contributed by atoms with Crippen LogP contribution in [-0.4, -0.2) is 22.5 Å². The van der Waals surface area contributed by atoms with E-state index >= 15 is 0 Å². The number of aldehydes is 1. The van der Waals surface area contributed by atoms with Gasteiger partial charge in [0.2, 0.25) is 0 Å². The van der Waals surface area contributed by atoms with Gasteiger partial charge in [0.1, 0.15) is 17.7 Å². The van der Waals surface area contributed by atoms with Crippen LogP contribution in [0.15, 0.2) is 59.1 Å². The van der Waals surface area contributed by atoms with Crippen LogP contribution in [0.1, 0.15) is 37.1 Å². The molecule has 0 saturated heterocycles. The lowest BCUT2D eigenvalue weighted by Crippen LogP contribution is -2.27. The third kappa shape index (κ3) is 3.49. The molecule has 0 saturated carbocycles. The van der Waals surface area contributed by atoms with E-state index in [4.69, 9.17) is 4.74 Å². The Hall–Kier alpha value is -2.86. The van der Waals surface area contributed by atoms with E-state index < -0.39 is 16.9 Å².